The maximum Gasteiger partial charge on any atom is 0.237 e. The predicted octanol–water partition coefficient (Wildman–Crippen LogP) is 1.36. The van der Waals surface area contributed by atoms with Crippen molar-refractivity contribution in [3.8, 4) is 0 Å². The van der Waals surface area contributed by atoms with Crippen LogP contribution in [0.4, 0.5) is 5.69 Å². The van der Waals surface area contributed by atoms with Gasteiger partial charge in [-0.05, 0) is 34.7 Å². The maximum atomic E-state index is 11.8. The third-order valence-electron chi connectivity index (χ3n) is 2.52. The Kier molecular flexibility index (Phi) is 3.60. The lowest BCUT2D eigenvalue weighted by molar-refractivity contribution is -0.117. The largest absolute Gasteiger partial charge is 0.308 e. The van der Waals surface area contributed by atoms with Gasteiger partial charge in [0.1, 0.15) is 8.95 Å². The molecule has 0 aliphatic carbocycles. The van der Waals surface area contributed by atoms with Gasteiger partial charge in [-0.2, -0.15) is 0 Å². The van der Waals surface area contributed by atoms with Gasteiger partial charge >= 0.3 is 0 Å². The smallest absolute Gasteiger partial charge is 0.237 e. The van der Waals surface area contributed by atoms with Crippen LogP contribution < -0.4 is 4.90 Å². The van der Waals surface area contributed by atoms with Crippen molar-refractivity contribution in [2.45, 2.75) is 11.7 Å². The van der Waals surface area contributed by atoms with E-state index in [2.05, 4.69) is 4.98 Å². The van der Waals surface area contributed by atoms with Gasteiger partial charge in [0.25, 0.3) is 0 Å². The molecule has 0 aromatic carbocycles. The minimum Gasteiger partial charge on any atom is -0.308 e. The van der Waals surface area contributed by atoms with Gasteiger partial charge < -0.3 is 4.90 Å². The molecule has 5 nitrogen and oxygen atoms in total. The number of rotatable bonds is 2. The number of aromatic nitrogens is 1. The van der Waals surface area contributed by atoms with Gasteiger partial charge in [-0.25, -0.2) is 13.4 Å². The first-order chi connectivity index (χ1) is 7.89. The number of halogens is 2. The van der Waals surface area contributed by atoms with Crippen molar-refractivity contribution in [3.05, 3.63) is 22.0 Å². The molecule has 1 saturated heterocycles. The highest BCUT2D eigenvalue weighted by molar-refractivity contribution is 14.1. The fourth-order valence-electron chi connectivity index (χ4n) is 1.68. The van der Waals surface area contributed by atoms with E-state index < -0.39 is 14.3 Å². The Morgan fingerprint density at radius 3 is 2.76 bits per heavy atom. The Bertz CT molecular complexity index is 563. The van der Waals surface area contributed by atoms with Crippen molar-refractivity contribution < 1.29 is 13.2 Å². The lowest BCUT2D eigenvalue weighted by Gasteiger charge is -2.16. The van der Waals surface area contributed by atoms with E-state index in [1.807, 2.05) is 22.6 Å². The van der Waals surface area contributed by atoms with E-state index in [4.69, 9.17) is 10.7 Å². The Morgan fingerprint density at radius 2 is 2.24 bits per heavy atom. The number of carbonyl (C=O) groups excluding carboxylic acids is 1. The highest BCUT2D eigenvalue weighted by Gasteiger charge is 2.38. The lowest BCUT2D eigenvalue weighted by atomic mass is 10.4. The Morgan fingerprint density at radius 1 is 1.53 bits per heavy atom. The Hall–Kier alpha value is -0.410. The van der Waals surface area contributed by atoms with Crippen LogP contribution in [0.3, 0.4) is 0 Å². The molecular weight excluding hydrogens is 379 g/mol. The lowest BCUT2D eigenvalue weighted by Crippen LogP contribution is -2.27. The van der Waals surface area contributed by atoms with Gasteiger partial charge in [0.2, 0.25) is 15.0 Å². The van der Waals surface area contributed by atoms with Crippen molar-refractivity contribution in [3.63, 3.8) is 0 Å². The molecule has 1 unspecified atom stereocenters. The minimum absolute atomic E-state index is 0.0726. The fourth-order valence-corrected chi connectivity index (χ4v) is 3.33. The molecule has 1 aliphatic rings. The summed E-state index contributed by atoms with van der Waals surface area (Å²) in [6, 6.07) is 3.43. The van der Waals surface area contributed by atoms with Gasteiger partial charge in [0.05, 0.1) is 5.69 Å². The highest BCUT2D eigenvalue weighted by atomic mass is 127. The van der Waals surface area contributed by atoms with Gasteiger partial charge in [-0.3, -0.25) is 4.79 Å². The zero-order valence-corrected chi connectivity index (χ0v) is 12.2. The normalized spacial score (nSPS) is 20.9. The summed E-state index contributed by atoms with van der Waals surface area (Å²) < 4.78 is 23.1. The van der Waals surface area contributed by atoms with Crippen LogP contribution in [0.1, 0.15) is 6.42 Å². The summed E-state index contributed by atoms with van der Waals surface area (Å²) >= 11 is 2.00. The standard InChI is InChI=1S/C9H8ClIN2O3S/c10-17(15,16)6-4-8(14)13(5-6)7-2-1-3-12-9(7)11/h1-3,6H,4-5H2. The summed E-state index contributed by atoms with van der Waals surface area (Å²) in [7, 11) is 1.57. The molecule has 1 amide bonds. The fraction of sp³-hybridized carbons (Fsp3) is 0.333. The molecule has 0 bridgehead atoms. The van der Waals surface area contributed by atoms with Crippen molar-refractivity contribution in [2.24, 2.45) is 0 Å². The molecule has 92 valence electrons. The first kappa shape index (κ1) is 13.0. The number of carbonyl (C=O) groups is 1. The summed E-state index contributed by atoms with van der Waals surface area (Å²) in [5, 5.41) is -0.840. The average molecular weight is 387 g/mol. The quantitative estimate of drug-likeness (QED) is 0.437. The Labute approximate surface area is 117 Å². The van der Waals surface area contributed by atoms with Crippen LogP contribution in [0.5, 0.6) is 0 Å². The molecule has 0 saturated carbocycles. The van der Waals surface area contributed by atoms with E-state index in [-0.39, 0.29) is 18.9 Å². The minimum atomic E-state index is -3.70. The number of hydrogen-bond acceptors (Lipinski definition) is 4. The molecule has 8 heteroatoms. The van der Waals surface area contributed by atoms with Crippen molar-refractivity contribution in [1.29, 1.82) is 0 Å². The van der Waals surface area contributed by atoms with Gasteiger partial charge in [0.15, 0.2) is 0 Å². The van der Waals surface area contributed by atoms with E-state index in [9.17, 15) is 13.2 Å². The van der Waals surface area contributed by atoms with E-state index in [1.54, 1.807) is 18.3 Å². The van der Waals surface area contributed by atoms with E-state index in [0.717, 1.165) is 0 Å². The number of pyridine rings is 1. The van der Waals surface area contributed by atoms with Crippen LogP contribution >= 0.6 is 33.3 Å². The van der Waals surface area contributed by atoms with Crippen molar-refractivity contribution >= 4 is 53.9 Å². The topological polar surface area (TPSA) is 67.3 Å². The number of hydrogen-bond donors (Lipinski definition) is 0. The molecule has 2 rings (SSSR count). The van der Waals surface area contributed by atoms with Crippen LogP contribution in [0.25, 0.3) is 0 Å². The Balaban J connectivity index is 2.31. The van der Waals surface area contributed by atoms with Crippen LogP contribution in [-0.2, 0) is 13.8 Å². The third-order valence-corrected chi connectivity index (χ3v) is 5.22. The van der Waals surface area contributed by atoms with Crippen molar-refractivity contribution in [2.75, 3.05) is 11.4 Å². The summed E-state index contributed by atoms with van der Waals surface area (Å²) in [5.41, 5.74) is 0.626. The molecule has 0 N–H and O–H groups in total. The SMILES string of the molecule is O=C1CC(S(=O)(=O)Cl)CN1c1cccnc1I. The maximum absolute atomic E-state index is 11.8. The summed E-state index contributed by atoms with van der Waals surface area (Å²) in [4.78, 5) is 17.2. The first-order valence-corrected chi connectivity index (χ1v) is 8.19. The average Bonchev–Trinajstić information content (AvgIpc) is 2.61. The number of anilines is 1. The molecule has 1 atom stereocenters. The second kappa shape index (κ2) is 4.69. The van der Waals surface area contributed by atoms with Gasteiger partial charge in [0, 0.05) is 29.8 Å². The molecule has 1 fully saturated rings. The molecule has 1 aliphatic heterocycles. The predicted molar refractivity (Wildman–Crippen MR) is 72.5 cm³/mol. The summed E-state index contributed by atoms with van der Waals surface area (Å²) in [5.74, 6) is -0.245. The zero-order valence-electron chi connectivity index (χ0n) is 8.51. The second-order valence-electron chi connectivity index (χ2n) is 3.62. The molecule has 0 spiro atoms. The first-order valence-electron chi connectivity index (χ1n) is 4.74. The number of nitrogens with zero attached hydrogens (tertiary/aromatic N) is 2. The zero-order chi connectivity index (χ0) is 12.6. The van der Waals surface area contributed by atoms with Crippen LogP contribution in [-0.4, -0.2) is 31.1 Å². The number of amides is 1. The molecular formula is C9H8ClIN2O3S. The van der Waals surface area contributed by atoms with Crippen LogP contribution in [0.2, 0.25) is 0 Å². The molecule has 17 heavy (non-hydrogen) atoms. The van der Waals surface area contributed by atoms with E-state index in [1.165, 1.54) is 4.90 Å². The molecule has 0 radical (unpaired) electrons. The van der Waals surface area contributed by atoms with E-state index in [0.29, 0.717) is 9.39 Å². The summed E-state index contributed by atoms with van der Waals surface area (Å²) in [6.07, 6.45) is 1.54. The van der Waals surface area contributed by atoms with Gasteiger partial charge in [-0.1, -0.05) is 0 Å². The van der Waals surface area contributed by atoms with Gasteiger partial charge in [-0.15, -0.1) is 0 Å². The molecule has 1 aromatic heterocycles. The van der Waals surface area contributed by atoms with Crippen LogP contribution in [0, 0.1) is 3.70 Å². The highest BCUT2D eigenvalue weighted by Crippen LogP contribution is 2.28. The molecule has 2 heterocycles. The second-order valence-corrected chi connectivity index (χ2v) is 7.55. The van der Waals surface area contributed by atoms with Crippen molar-refractivity contribution in [1.82, 2.24) is 4.98 Å². The van der Waals surface area contributed by atoms with Crippen LogP contribution in [0.15, 0.2) is 18.3 Å². The summed E-state index contributed by atoms with van der Waals surface area (Å²) in [6.45, 7) is 0.0896. The third kappa shape index (κ3) is 2.71. The van der Waals surface area contributed by atoms with E-state index >= 15 is 0 Å². The monoisotopic (exact) mass is 386 g/mol. The molecule has 1 aromatic rings.